The maximum absolute atomic E-state index is 13.8. The van der Waals surface area contributed by atoms with Gasteiger partial charge in [-0.15, -0.1) is 0 Å². The molecule has 2 aromatic carbocycles. The van der Waals surface area contributed by atoms with Gasteiger partial charge in [0, 0.05) is 18.2 Å². The van der Waals surface area contributed by atoms with E-state index in [9.17, 15) is 4.39 Å². The standard InChI is InChI=1S/C15H15FO4/c1-18-11-6-12(19-2)8-13(7-11)20-15-4-3-10(9-17)5-14(15)16/h3-8,17H,9H2,1-2H3. The molecule has 0 fully saturated rings. The second-order valence-corrected chi connectivity index (χ2v) is 4.07. The first-order valence-electron chi connectivity index (χ1n) is 5.96. The number of halogens is 1. The summed E-state index contributed by atoms with van der Waals surface area (Å²) >= 11 is 0. The summed E-state index contributed by atoms with van der Waals surface area (Å²) in [5, 5.41) is 8.94. The van der Waals surface area contributed by atoms with E-state index in [-0.39, 0.29) is 12.4 Å². The van der Waals surface area contributed by atoms with Gasteiger partial charge in [-0.2, -0.15) is 0 Å². The lowest BCUT2D eigenvalue weighted by Gasteiger charge is -2.11. The zero-order valence-electron chi connectivity index (χ0n) is 11.2. The van der Waals surface area contributed by atoms with E-state index in [0.29, 0.717) is 22.8 Å². The van der Waals surface area contributed by atoms with Crippen LogP contribution in [-0.4, -0.2) is 19.3 Å². The van der Waals surface area contributed by atoms with E-state index in [1.807, 2.05) is 0 Å². The molecule has 1 N–H and O–H groups in total. The van der Waals surface area contributed by atoms with Crippen LogP contribution in [0.25, 0.3) is 0 Å². The number of aliphatic hydroxyl groups excluding tert-OH is 1. The summed E-state index contributed by atoms with van der Waals surface area (Å²) in [5.41, 5.74) is 0.484. The van der Waals surface area contributed by atoms with E-state index in [1.54, 1.807) is 24.3 Å². The monoisotopic (exact) mass is 278 g/mol. The Morgan fingerprint density at radius 3 is 2.05 bits per heavy atom. The quantitative estimate of drug-likeness (QED) is 0.912. The molecule has 0 amide bonds. The van der Waals surface area contributed by atoms with E-state index >= 15 is 0 Å². The Morgan fingerprint density at radius 2 is 1.55 bits per heavy atom. The summed E-state index contributed by atoms with van der Waals surface area (Å²) in [5.74, 6) is 1.02. The fourth-order valence-corrected chi connectivity index (χ4v) is 1.69. The van der Waals surface area contributed by atoms with Gasteiger partial charge in [0.15, 0.2) is 11.6 Å². The Labute approximate surface area is 116 Å². The molecule has 0 aliphatic rings. The molecule has 0 heterocycles. The van der Waals surface area contributed by atoms with E-state index in [1.165, 1.54) is 26.4 Å². The molecule has 0 bridgehead atoms. The first kappa shape index (κ1) is 14.1. The minimum atomic E-state index is -0.543. The third-order valence-corrected chi connectivity index (χ3v) is 2.73. The van der Waals surface area contributed by atoms with Gasteiger partial charge in [-0.05, 0) is 17.7 Å². The van der Waals surface area contributed by atoms with Crippen molar-refractivity contribution in [3.05, 3.63) is 47.8 Å². The Kier molecular flexibility index (Phi) is 4.42. The van der Waals surface area contributed by atoms with Crippen molar-refractivity contribution in [2.45, 2.75) is 6.61 Å². The summed E-state index contributed by atoms with van der Waals surface area (Å²) in [6.45, 7) is -0.218. The average molecular weight is 278 g/mol. The topological polar surface area (TPSA) is 47.9 Å². The van der Waals surface area contributed by atoms with Gasteiger partial charge < -0.3 is 19.3 Å². The molecular formula is C15H15FO4. The molecule has 5 heteroatoms. The first-order valence-corrected chi connectivity index (χ1v) is 5.96. The molecule has 0 aromatic heterocycles. The summed E-state index contributed by atoms with van der Waals surface area (Å²) in [6.07, 6.45) is 0. The van der Waals surface area contributed by atoms with Crippen LogP contribution in [0.3, 0.4) is 0 Å². The van der Waals surface area contributed by atoms with Gasteiger partial charge in [0.25, 0.3) is 0 Å². The highest BCUT2D eigenvalue weighted by atomic mass is 19.1. The summed E-state index contributed by atoms with van der Waals surface area (Å²) < 4.78 is 29.5. The van der Waals surface area contributed by atoms with Gasteiger partial charge in [0.05, 0.1) is 20.8 Å². The molecule has 0 aliphatic carbocycles. The highest BCUT2D eigenvalue weighted by Crippen LogP contribution is 2.32. The van der Waals surface area contributed by atoms with Crippen molar-refractivity contribution in [1.29, 1.82) is 0 Å². The zero-order chi connectivity index (χ0) is 14.5. The number of hydrogen-bond acceptors (Lipinski definition) is 4. The Morgan fingerprint density at radius 1 is 0.950 bits per heavy atom. The highest BCUT2D eigenvalue weighted by molar-refractivity contribution is 5.44. The molecule has 0 spiro atoms. The van der Waals surface area contributed by atoms with E-state index < -0.39 is 5.82 Å². The smallest absolute Gasteiger partial charge is 0.166 e. The van der Waals surface area contributed by atoms with Crippen LogP contribution in [0.15, 0.2) is 36.4 Å². The molecule has 106 valence electrons. The van der Waals surface area contributed by atoms with Gasteiger partial charge in [0.2, 0.25) is 0 Å². The second kappa shape index (κ2) is 6.25. The molecule has 0 saturated carbocycles. The van der Waals surface area contributed by atoms with Crippen molar-refractivity contribution in [3.8, 4) is 23.0 Å². The third-order valence-electron chi connectivity index (χ3n) is 2.73. The fraction of sp³-hybridized carbons (Fsp3) is 0.200. The van der Waals surface area contributed by atoms with Crippen LogP contribution >= 0.6 is 0 Å². The van der Waals surface area contributed by atoms with Crippen LogP contribution < -0.4 is 14.2 Å². The molecular weight excluding hydrogens is 263 g/mol. The zero-order valence-corrected chi connectivity index (χ0v) is 11.2. The van der Waals surface area contributed by atoms with E-state index in [4.69, 9.17) is 19.3 Å². The van der Waals surface area contributed by atoms with Crippen molar-refractivity contribution in [3.63, 3.8) is 0 Å². The maximum Gasteiger partial charge on any atom is 0.166 e. The maximum atomic E-state index is 13.8. The minimum absolute atomic E-state index is 0.0671. The normalized spacial score (nSPS) is 10.2. The van der Waals surface area contributed by atoms with Crippen LogP contribution in [0.4, 0.5) is 4.39 Å². The van der Waals surface area contributed by atoms with Crippen LogP contribution in [0.2, 0.25) is 0 Å². The van der Waals surface area contributed by atoms with Gasteiger partial charge in [-0.3, -0.25) is 0 Å². The number of aliphatic hydroxyl groups is 1. The van der Waals surface area contributed by atoms with Crippen molar-refractivity contribution in [2.75, 3.05) is 14.2 Å². The molecule has 0 unspecified atom stereocenters. The minimum Gasteiger partial charge on any atom is -0.496 e. The SMILES string of the molecule is COc1cc(OC)cc(Oc2ccc(CO)cc2F)c1. The van der Waals surface area contributed by atoms with Gasteiger partial charge in [-0.1, -0.05) is 6.07 Å². The van der Waals surface area contributed by atoms with Crippen LogP contribution in [0.1, 0.15) is 5.56 Å². The molecule has 4 nitrogen and oxygen atoms in total. The predicted molar refractivity (Wildman–Crippen MR) is 71.9 cm³/mol. The third kappa shape index (κ3) is 3.19. The van der Waals surface area contributed by atoms with Crippen LogP contribution in [0, 0.1) is 5.82 Å². The fourth-order valence-electron chi connectivity index (χ4n) is 1.69. The molecule has 2 aromatic rings. The summed E-state index contributed by atoms with van der Waals surface area (Å²) in [6, 6.07) is 9.23. The Bertz CT molecular complexity index is 576. The lowest BCUT2D eigenvalue weighted by atomic mass is 10.2. The van der Waals surface area contributed by atoms with Crippen molar-refractivity contribution < 1.29 is 23.7 Å². The van der Waals surface area contributed by atoms with Gasteiger partial charge >= 0.3 is 0 Å². The van der Waals surface area contributed by atoms with Crippen LogP contribution in [-0.2, 0) is 6.61 Å². The van der Waals surface area contributed by atoms with Crippen molar-refractivity contribution >= 4 is 0 Å². The molecule has 0 saturated heterocycles. The van der Waals surface area contributed by atoms with Crippen molar-refractivity contribution in [1.82, 2.24) is 0 Å². The summed E-state index contributed by atoms with van der Waals surface area (Å²) in [4.78, 5) is 0. The van der Waals surface area contributed by atoms with Gasteiger partial charge in [-0.25, -0.2) is 4.39 Å². The number of benzene rings is 2. The predicted octanol–water partition coefficient (Wildman–Crippen LogP) is 3.13. The molecule has 0 aliphatic heterocycles. The number of rotatable bonds is 5. The van der Waals surface area contributed by atoms with E-state index in [0.717, 1.165) is 0 Å². The van der Waals surface area contributed by atoms with Crippen LogP contribution in [0.5, 0.6) is 23.0 Å². The number of ether oxygens (including phenoxy) is 3. The Hall–Kier alpha value is -2.27. The lowest BCUT2D eigenvalue weighted by molar-refractivity contribution is 0.281. The largest absolute Gasteiger partial charge is 0.496 e. The lowest BCUT2D eigenvalue weighted by Crippen LogP contribution is -1.93. The molecule has 0 radical (unpaired) electrons. The Balaban J connectivity index is 2.29. The summed E-state index contributed by atoms with van der Waals surface area (Å²) in [7, 11) is 3.05. The number of hydrogen-bond donors (Lipinski definition) is 1. The molecule has 2 rings (SSSR count). The average Bonchev–Trinajstić information content (AvgIpc) is 2.48. The highest BCUT2D eigenvalue weighted by Gasteiger charge is 2.08. The molecule has 0 atom stereocenters. The first-order chi connectivity index (χ1) is 9.66. The van der Waals surface area contributed by atoms with E-state index in [2.05, 4.69) is 0 Å². The number of methoxy groups -OCH3 is 2. The molecule has 20 heavy (non-hydrogen) atoms. The van der Waals surface area contributed by atoms with Crippen molar-refractivity contribution in [2.24, 2.45) is 0 Å². The van der Waals surface area contributed by atoms with Gasteiger partial charge in [0.1, 0.15) is 17.2 Å². The second-order valence-electron chi connectivity index (χ2n) is 4.07.